The highest BCUT2D eigenvalue weighted by Crippen LogP contribution is 2.24. The Labute approximate surface area is 184 Å². The Balaban J connectivity index is 1.72. The lowest BCUT2D eigenvalue weighted by molar-refractivity contribution is -0.150. The van der Waals surface area contributed by atoms with Gasteiger partial charge in [-0.05, 0) is 42.5 Å². The maximum atomic E-state index is 12.9. The molecular weight excluding hydrogens is 438 g/mol. The molecule has 0 aromatic heterocycles. The fourth-order valence-corrected chi connectivity index (χ4v) is 3.68. The van der Waals surface area contributed by atoms with Crippen molar-refractivity contribution < 1.29 is 27.9 Å². The monoisotopic (exact) mass is 461 g/mol. The zero-order valence-electron chi connectivity index (χ0n) is 17.1. The Kier molecular flexibility index (Phi) is 6.77. The van der Waals surface area contributed by atoms with Gasteiger partial charge in [-0.3, -0.25) is 19.7 Å². The number of nitrogens with zero attached hydrogens (tertiary/aromatic N) is 1. The predicted octanol–water partition coefficient (Wildman–Crippen LogP) is 0.0736. The highest BCUT2D eigenvalue weighted by molar-refractivity contribution is 7.92. The van der Waals surface area contributed by atoms with Crippen LogP contribution in [0.4, 0.5) is 17.1 Å². The van der Waals surface area contributed by atoms with Gasteiger partial charge in [0.2, 0.25) is 10.0 Å². The van der Waals surface area contributed by atoms with Gasteiger partial charge in [0, 0.05) is 23.5 Å². The van der Waals surface area contributed by atoms with Crippen LogP contribution < -0.4 is 20.7 Å². The summed E-state index contributed by atoms with van der Waals surface area (Å²) in [6, 6.07) is 12.3. The molecule has 170 valence electrons. The maximum absolute atomic E-state index is 12.9. The van der Waals surface area contributed by atoms with Crippen molar-refractivity contribution in [3.63, 3.8) is 0 Å². The number of nitrogens with one attached hydrogen (secondary N) is 3. The molecule has 1 saturated heterocycles. The van der Waals surface area contributed by atoms with Crippen LogP contribution in [-0.2, 0) is 24.3 Å². The molecule has 12 heteroatoms. The summed E-state index contributed by atoms with van der Waals surface area (Å²) < 4.78 is 30.6. The van der Waals surface area contributed by atoms with Crippen LogP contribution >= 0.6 is 0 Å². The molecule has 0 aliphatic carbocycles. The SMILES string of the molecule is CS(=O)(=O)Nc1cccc(N2CCO[C@H]([C@@H](O)C(=O)Nc3ccc(C(=N)N)cc3)C2=O)c1. The van der Waals surface area contributed by atoms with Crippen molar-refractivity contribution in [1.29, 1.82) is 5.41 Å². The summed E-state index contributed by atoms with van der Waals surface area (Å²) >= 11 is 0. The number of ether oxygens (including phenoxy) is 1. The predicted molar refractivity (Wildman–Crippen MR) is 119 cm³/mol. The molecule has 1 aliphatic heterocycles. The zero-order chi connectivity index (χ0) is 23.5. The van der Waals surface area contributed by atoms with Gasteiger partial charge in [0.05, 0.1) is 18.6 Å². The van der Waals surface area contributed by atoms with E-state index in [2.05, 4.69) is 10.0 Å². The summed E-state index contributed by atoms with van der Waals surface area (Å²) in [7, 11) is -3.50. The number of hydrogen-bond donors (Lipinski definition) is 5. The molecule has 1 heterocycles. The Hall–Kier alpha value is -3.48. The van der Waals surface area contributed by atoms with Crippen molar-refractivity contribution in [3.05, 3.63) is 54.1 Å². The summed E-state index contributed by atoms with van der Waals surface area (Å²) in [6.07, 6.45) is -2.21. The topological polar surface area (TPSA) is 175 Å². The number of sulfonamides is 1. The highest BCUT2D eigenvalue weighted by Gasteiger charge is 2.39. The van der Waals surface area contributed by atoms with E-state index in [4.69, 9.17) is 15.9 Å². The minimum Gasteiger partial charge on any atom is -0.384 e. The van der Waals surface area contributed by atoms with Crippen molar-refractivity contribution in [3.8, 4) is 0 Å². The van der Waals surface area contributed by atoms with Gasteiger partial charge in [0.1, 0.15) is 5.84 Å². The first-order valence-electron chi connectivity index (χ1n) is 9.49. The fraction of sp³-hybridized carbons (Fsp3) is 0.250. The molecule has 0 bridgehead atoms. The average molecular weight is 462 g/mol. The Morgan fingerprint density at radius 3 is 2.56 bits per heavy atom. The lowest BCUT2D eigenvalue weighted by Crippen LogP contribution is -2.55. The fourth-order valence-electron chi connectivity index (χ4n) is 3.13. The third kappa shape index (κ3) is 5.60. The van der Waals surface area contributed by atoms with E-state index in [0.29, 0.717) is 16.9 Å². The van der Waals surface area contributed by atoms with Gasteiger partial charge in [-0.25, -0.2) is 8.42 Å². The molecule has 2 aromatic rings. The van der Waals surface area contributed by atoms with E-state index in [1.807, 2.05) is 0 Å². The summed E-state index contributed by atoms with van der Waals surface area (Å²) in [5.74, 6) is -1.60. The molecule has 11 nitrogen and oxygen atoms in total. The van der Waals surface area contributed by atoms with E-state index in [-0.39, 0.29) is 24.7 Å². The maximum Gasteiger partial charge on any atom is 0.259 e. The third-order valence-corrected chi connectivity index (χ3v) is 5.21. The first-order valence-corrected chi connectivity index (χ1v) is 11.4. The minimum atomic E-state index is -3.50. The van der Waals surface area contributed by atoms with E-state index in [9.17, 15) is 23.1 Å². The Morgan fingerprint density at radius 1 is 1.25 bits per heavy atom. The van der Waals surface area contributed by atoms with Crippen molar-refractivity contribution in [2.75, 3.05) is 34.3 Å². The molecule has 1 fully saturated rings. The van der Waals surface area contributed by atoms with Crippen LogP contribution in [0.5, 0.6) is 0 Å². The highest BCUT2D eigenvalue weighted by atomic mass is 32.2. The molecule has 3 rings (SSSR count). The summed E-state index contributed by atoms with van der Waals surface area (Å²) in [5.41, 5.74) is 6.87. The van der Waals surface area contributed by atoms with Gasteiger partial charge < -0.3 is 25.8 Å². The standard InChI is InChI=1S/C20H23N5O6S/c1-32(29,30)24-14-3-2-4-15(11-14)25-9-10-31-17(20(25)28)16(26)19(27)23-13-7-5-12(6-8-13)18(21)22/h2-8,11,16-17,24,26H,9-10H2,1H3,(H3,21,22)(H,23,27)/t16-,17-/m1/s1. The quantitative estimate of drug-likeness (QED) is 0.286. The van der Waals surface area contributed by atoms with Gasteiger partial charge in [0.25, 0.3) is 11.8 Å². The van der Waals surface area contributed by atoms with Gasteiger partial charge in [-0.1, -0.05) is 6.07 Å². The van der Waals surface area contributed by atoms with Crippen LogP contribution in [0.25, 0.3) is 0 Å². The molecule has 1 aliphatic rings. The molecule has 0 saturated carbocycles. The number of nitrogen functional groups attached to an aromatic ring is 1. The zero-order valence-corrected chi connectivity index (χ0v) is 17.9. The first-order chi connectivity index (χ1) is 15.0. The van der Waals surface area contributed by atoms with Crippen LogP contribution in [0.15, 0.2) is 48.5 Å². The molecular formula is C20H23N5O6S. The van der Waals surface area contributed by atoms with E-state index >= 15 is 0 Å². The number of anilines is 3. The van der Waals surface area contributed by atoms with Crippen LogP contribution in [0.2, 0.25) is 0 Å². The number of aliphatic hydroxyl groups excluding tert-OH is 1. The van der Waals surface area contributed by atoms with Crippen LogP contribution in [0.1, 0.15) is 5.56 Å². The minimum absolute atomic E-state index is 0.0672. The van der Waals surface area contributed by atoms with E-state index in [0.717, 1.165) is 6.26 Å². The molecule has 0 unspecified atom stereocenters. The van der Waals surface area contributed by atoms with Crippen molar-refractivity contribution in [1.82, 2.24) is 0 Å². The summed E-state index contributed by atoms with van der Waals surface area (Å²) in [6.45, 7) is 0.232. The number of morpholine rings is 1. The number of rotatable bonds is 7. The number of carbonyl (C=O) groups excluding carboxylic acids is 2. The van der Waals surface area contributed by atoms with Crippen LogP contribution in [0.3, 0.4) is 0 Å². The van der Waals surface area contributed by atoms with E-state index < -0.39 is 34.0 Å². The summed E-state index contributed by atoms with van der Waals surface area (Å²) in [4.78, 5) is 26.7. The first kappa shape index (κ1) is 23.2. The number of benzene rings is 2. The smallest absolute Gasteiger partial charge is 0.259 e. The van der Waals surface area contributed by atoms with Gasteiger partial charge in [0.15, 0.2) is 12.2 Å². The van der Waals surface area contributed by atoms with Gasteiger partial charge in [-0.15, -0.1) is 0 Å². The second-order valence-corrected chi connectivity index (χ2v) is 8.88. The van der Waals surface area contributed by atoms with E-state index in [1.165, 1.54) is 41.3 Å². The summed E-state index contributed by atoms with van der Waals surface area (Å²) in [5, 5.41) is 20.3. The van der Waals surface area contributed by atoms with Crippen molar-refractivity contribution >= 4 is 44.7 Å². The van der Waals surface area contributed by atoms with Gasteiger partial charge >= 0.3 is 0 Å². The Bertz CT molecular complexity index is 1140. The van der Waals surface area contributed by atoms with Crippen LogP contribution in [-0.4, -0.2) is 62.8 Å². The largest absolute Gasteiger partial charge is 0.384 e. The third-order valence-electron chi connectivity index (χ3n) is 4.60. The number of nitrogens with two attached hydrogens (primary N) is 1. The number of amidine groups is 1. The van der Waals surface area contributed by atoms with Crippen LogP contribution in [0, 0.1) is 5.41 Å². The molecule has 2 amide bonds. The lowest BCUT2D eigenvalue weighted by atomic mass is 10.1. The number of amides is 2. The molecule has 32 heavy (non-hydrogen) atoms. The van der Waals surface area contributed by atoms with Crippen molar-refractivity contribution in [2.45, 2.75) is 12.2 Å². The van der Waals surface area contributed by atoms with Gasteiger partial charge in [-0.2, -0.15) is 0 Å². The van der Waals surface area contributed by atoms with E-state index in [1.54, 1.807) is 12.1 Å². The molecule has 6 N–H and O–H groups in total. The number of aliphatic hydroxyl groups is 1. The number of carbonyl (C=O) groups is 2. The Morgan fingerprint density at radius 2 is 1.94 bits per heavy atom. The molecule has 0 spiro atoms. The normalized spacial score (nSPS) is 17.5. The van der Waals surface area contributed by atoms with Crippen molar-refractivity contribution in [2.24, 2.45) is 5.73 Å². The lowest BCUT2D eigenvalue weighted by Gasteiger charge is -2.34. The second kappa shape index (κ2) is 9.34. The number of hydrogen-bond acceptors (Lipinski definition) is 7. The molecule has 2 atom stereocenters. The molecule has 2 aromatic carbocycles. The molecule has 0 radical (unpaired) electrons. The second-order valence-electron chi connectivity index (χ2n) is 7.13. The average Bonchev–Trinajstić information content (AvgIpc) is 2.72.